The summed E-state index contributed by atoms with van der Waals surface area (Å²) in [6.45, 7) is 0.214. The maximum Gasteiger partial charge on any atom is 0.284 e. The van der Waals surface area contributed by atoms with Gasteiger partial charge in [-0.15, -0.1) is 5.10 Å². The largest absolute Gasteiger partial charge is 0.454 e. The molecule has 2 aromatic heterocycles. The van der Waals surface area contributed by atoms with E-state index < -0.39 is 11.4 Å². The Morgan fingerprint density at radius 1 is 1.13 bits per heavy atom. The Labute approximate surface area is 173 Å². The van der Waals surface area contributed by atoms with E-state index in [1.807, 2.05) is 6.07 Å². The van der Waals surface area contributed by atoms with Gasteiger partial charge in [-0.2, -0.15) is 4.68 Å². The molecule has 1 amide bonds. The van der Waals surface area contributed by atoms with E-state index in [4.69, 9.17) is 9.47 Å². The van der Waals surface area contributed by atoms with Gasteiger partial charge < -0.3 is 14.8 Å². The molecule has 0 radical (unpaired) electrons. The predicted octanol–water partition coefficient (Wildman–Crippen LogP) is 1.16. The Hall–Kier alpha value is -4.28. The fourth-order valence-electron chi connectivity index (χ4n) is 3.17. The third-order valence-corrected chi connectivity index (χ3v) is 4.74. The molecule has 3 heterocycles. The fraction of sp³-hybridized carbons (Fsp3) is 0.150. The summed E-state index contributed by atoms with van der Waals surface area (Å²) >= 11 is 0. The van der Waals surface area contributed by atoms with Crippen molar-refractivity contribution >= 4 is 17.1 Å². The molecule has 0 saturated carbocycles. The number of nitrogens with zero attached hydrogens (tertiary/aromatic N) is 5. The van der Waals surface area contributed by atoms with Crippen LogP contribution in [0.1, 0.15) is 5.56 Å². The molecule has 5 rings (SSSR count). The van der Waals surface area contributed by atoms with Gasteiger partial charge in [-0.05, 0) is 42.0 Å². The SMILES string of the molecule is O=C(Cn1cnc2c(nnn2-c2ccc(F)cc2)c1=O)NCc1ccc2c(c1)OCO2. The van der Waals surface area contributed by atoms with Crippen LogP contribution < -0.4 is 20.3 Å². The lowest BCUT2D eigenvalue weighted by atomic mass is 10.2. The van der Waals surface area contributed by atoms with Crippen molar-refractivity contribution in [3.05, 3.63) is 70.5 Å². The maximum atomic E-state index is 13.1. The highest BCUT2D eigenvalue weighted by Crippen LogP contribution is 2.32. The number of amides is 1. The number of carbonyl (C=O) groups is 1. The zero-order valence-electron chi connectivity index (χ0n) is 16.0. The molecule has 0 spiro atoms. The molecule has 0 saturated heterocycles. The molecule has 1 N–H and O–H groups in total. The molecule has 1 aliphatic rings. The molecule has 0 bridgehead atoms. The summed E-state index contributed by atoms with van der Waals surface area (Å²) in [7, 11) is 0. The van der Waals surface area contributed by atoms with Crippen LogP contribution in [0.4, 0.5) is 4.39 Å². The lowest BCUT2D eigenvalue weighted by Gasteiger charge is -2.08. The van der Waals surface area contributed by atoms with Gasteiger partial charge in [0.25, 0.3) is 5.56 Å². The molecule has 0 aliphatic carbocycles. The molecule has 0 fully saturated rings. The van der Waals surface area contributed by atoms with E-state index in [1.54, 1.807) is 12.1 Å². The number of hydrogen-bond donors (Lipinski definition) is 1. The van der Waals surface area contributed by atoms with Crippen LogP contribution in [0.3, 0.4) is 0 Å². The highest BCUT2D eigenvalue weighted by Gasteiger charge is 2.16. The number of fused-ring (bicyclic) bond motifs is 2. The second-order valence-electron chi connectivity index (χ2n) is 6.79. The van der Waals surface area contributed by atoms with Crippen molar-refractivity contribution in [2.75, 3.05) is 6.79 Å². The maximum absolute atomic E-state index is 13.1. The van der Waals surface area contributed by atoms with Crippen LogP contribution >= 0.6 is 0 Å². The van der Waals surface area contributed by atoms with Crippen LogP contribution in [0.25, 0.3) is 16.9 Å². The molecule has 0 atom stereocenters. The number of rotatable bonds is 5. The zero-order valence-corrected chi connectivity index (χ0v) is 16.0. The van der Waals surface area contributed by atoms with Gasteiger partial charge in [-0.3, -0.25) is 14.2 Å². The Bertz CT molecular complexity index is 1350. The fourth-order valence-corrected chi connectivity index (χ4v) is 3.17. The van der Waals surface area contributed by atoms with Crippen LogP contribution in [0.15, 0.2) is 53.6 Å². The summed E-state index contributed by atoms with van der Waals surface area (Å²) in [5.74, 6) is 0.527. The molecule has 10 nitrogen and oxygen atoms in total. The van der Waals surface area contributed by atoms with Crippen LogP contribution in [-0.4, -0.2) is 37.2 Å². The first-order valence-electron chi connectivity index (χ1n) is 9.30. The Balaban J connectivity index is 1.31. The summed E-state index contributed by atoms with van der Waals surface area (Å²) in [4.78, 5) is 29.2. The highest BCUT2D eigenvalue weighted by atomic mass is 19.1. The lowest BCUT2D eigenvalue weighted by molar-refractivity contribution is -0.121. The minimum Gasteiger partial charge on any atom is -0.454 e. The van der Waals surface area contributed by atoms with Crippen molar-refractivity contribution in [1.82, 2.24) is 29.9 Å². The zero-order chi connectivity index (χ0) is 21.4. The first-order chi connectivity index (χ1) is 15.1. The van der Waals surface area contributed by atoms with Gasteiger partial charge in [0.05, 0.1) is 5.69 Å². The van der Waals surface area contributed by atoms with Crippen LogP contribution in [0, 0.1) is 5.82 Å². The van der Waals surface area contributed by atoms with E-state index in [0.29, 0.717) is 17.2 Å². The van der Waals surface area contributed by atoms with Crippen molar-refractivity contribution in [3.63, 3.8) is 0 Å². The van der Waals surface area contributed by atoms with Crippen molar-refractivity contribution in [1.29, 1.82) is 0 Å². The number of aromatic nitrogens is 5. The molecule has 31 heavy (non-hydrogen) atoms. The van der Waals surface area contributed by atoms with Gasteiger partial charge in [0.2, 0.25) is 12.7 Å². The minimum absolute atomic E-state index is 0.00963. The normalized spacial score (nSPS) is 12.3. The third-order valence-electron chi connectivity index (χ3n) is 4.74. The Morgan fingerprint density at radius 2 is 1.94 bits per heavy atom. The van der Waals surface area contributed by atoms with E-state index in [1.165, 1.54) is 35.3 Å². The summed E-state index contributed by atoms with van der Waals surface area (Å²) in [5, 5.41) is 10.6. The molecule has 0 unspecified atom stereocenters. The second-order valence-corrected chi connectivity index (χ2v) is 6.79. The molecule has 1 aliphatic heterocycles. The highest BCUT2D eigenvalue weighted by molar-refractivity contribution is 5.76. The van der Waals surface area contributed by atoms with Crippen molar-refractivity contribution in [2.45, 2.75) is 13.1 Å². The molecule has 156 valence electrons. The van der Waals surface area contributed by atoms with E-state index in [0.717, 1.165) is 10.1 Å². The molecule has 4 aromatic rings. The third kappa shape index (κ3) is 3.56. The van der Waals surface area contributed by atoms with Crippen molar-refractivity contribution in [3.8, 4) is 17.2 Å². The average Bonchev–Trinajstić information content (AvgIpc) is 3.42. The standard InChI is InChI=1S/C20H15FN6O4/c21-13-2-4-14(5-3-13)27-19-18(24-25-27)20(29)26(10-23-19)9-17(28)22-8-12-1-6-15-16(7-12)31-11-30-15/h1-7,10H,8-9,11H2,(H,22,28). The Morgan fingerprint density at radius 3 is 2.77 bits per heavy atom. The number of hydrogen-bond acceptors (Lipinski definition) is 7. The van der Waals surface area contributed by atoms with Gasteiger partial charge in [-0.25, -0.2) is 9.37 Å². The van der Waals surface area contributed by atoms with E-state index in [-0.39, 0.29) is 37.0 Å². The molecular formula is C20H15FN6O4. The van der Waals surface area contributed by atoms with Gasteiger partial charge in [0.1, 0.15) is 18.7 Å². The number of benzene rings is 2. The topological polar surface area (TPSA) is 113 Å². The van der Waals surface area contributed by atoms with E-state index >= 15 is 0 Å². The van der Waals surface area contributed by atoms with Crippen molar-refractivity contribution < 1.29 is 18.7 Å². The molecule has 11 heteroatoms. The lowest BCUT2D eigenvalue weighted by Crippen LogP contribution is -2.32. The van der Waals surface area contributed by atoms with Gasteiger partial charge in [0, 0.05) is 6.54 Å². The van der Waals surface area contributed by atoms with E-state index in [9.17, 15) is 14.0 Å². The molecular weight excluding hydrogens is 407 g/mol. The van der Waals surface area contributed by atoms with Crippen molar-refractivity contribution in [2.24, 2.45) is 0 Å². The number of nitrogens with one attached hydrogen (secondary N) is 1. The smallest absolute Gasteiger partial charge is 0.284 e. The summed E-state index contributed by atoms with van der Waals surface area (Å²) in [5.41, 5.74) is 1.07. The average molecular weight is 422 g/mol. The Kier molecular flexibility index (Phi) is 4.54. The predicted molar refractivity (Wildman–Crippen MR) is 105 cm³/mol. The quantitative estimate of drug-likeness (QED) is 0.514. The second kappa shape index (κ2) is 7.52. The number of ether oxygens (including phenoxy) is 2. The number of carbonyl (C=O) groups excluding carboxylic acids is 1. The first-order valence-corrected chi connectivity index (χ1v) is 9.30. The van der Waals surface area contributed by atoms with Crippen LogP contribution in [-0.2, 0) is 17.9 Å². The minimum atomic E-state index is -0.503. The van der Waals surface area contributed by atoms with Gasteiger partial charge >= 0.3 is 0 Å². The van der Waals surface area contributed by atoms with Gasteiger partial charge in [0.15, 0.2) is 22.7 Å². The van der Waals surface area contributed by atoms with E-state index in [2.05, 4.69) is 20.6 Å². The summed E-state index contributed by atoms with van der Waals surface area (Å²) in [6.07, 6.45) is 1.26. The summed E-state index contributed by atoms with van der Waals surface area (Å²) < 4.78 is 26.2. The number of halogens is 1. The van der Waals surface area contributed by atoms with Crippen LogP contribution in [0.5, 0.6) is 11.5 Å². The van der Waals surface area contributed by atoms with Gasteiger partial charge in [-0.1, -0.05) is 11.3 Å². The van der Waals surface area contributed by atoms with Crippen LogP contribution in [0.2, 0.25) is 0 Å². The molecule has 2 aromatic carbocycles. The summed E-state index contributed by atoms with van der Waals surface area (Å²) in [6, 6.07) is 10.9. The monoisotopic (exact) mass is 422 g/mol. The first kappa shape index (κ1) is 18.7.